The molecule has 2 aliphatic heterocycles. The Bertz CT molecular complexity index is 400. The summed E-state index contributed by atoms with van der Waals surface area (Å²) in [5, 5.41) is 11.6. The zero-order valence-electron chi connectivity index (χ0n) is 11.4. The molecule has 2 N–H and O–H groups in total. The minimum Gasteiger partial charge on any atom is -0.370 e. The first-order chi connectivity index (χ1) is 8.70. The Morgan fingerprint density at radius 2 is 2.11 bits per heavy atom. The van der Waals surface area contributed by atoms with E-state index in [0.717, 1.165) is 36.1 Å². The zero-order valence-corrected chi connectivity index (χ0v) is 11.4. The van der Waals surface area contributed by atoms with Crippen LogP contribution < -0.4 is 10.6 Å². The lowest BCUT2D eigenvalue weighted by Gasteiger charge is -2.29. The molecule has 0 aliphatic carbocycles. The van der Waals surface area contributed by atoms with Gasteiger partial charge in [-0.15, -0.1) is 0 Å². The van der Waals surface area contributed by atoms with Gasteiger partial charge >= 0.3 is 0 Å². The predicted molar refractivity (Wildman–Crippen MR) is 73.7 cm³/mol. The number of rotatable bonds is 4. The van der Waals surface area contributed by atoms with Crippen molar-refractivity contribution in [3.63, 3.8) is 0 Å². The summed E-state index contributed by atoms with van der Waals surface area (Å²) in [4.78, 5) is 0. The average molecular weight is 248 g/mol. The maximum absolute atomic E-state index is 4.35. The Balaban J connectivity index is 1.46. The van der Waals surface area contributed by atoms with Crippen LogP contribution in [0.4, 0.5) is 5.82 Å². The quantitative estimate of drug-likeness (QED) is 0.857. The topological polar surface area (TPSA) is 41.9 Å². The van der Waals surface area contributed by atoms with Gasteiger partial charge in [-0.3, -0.25) is 4.68 Å². The molecule has 2 bridgehead atoms. The highest BCUT2D eigenvalue weighted by atomic mass is 15.3. The highest BCUT2D eigenvalue weighted by Gasteiger charge is 2.32. The lowest BCUT2D eigenvalue weighted by molar-refractivity contribution is 0.290. The minimum atomic E-state index is 0.813. The largest absolute Gasteiger partial charge is 0.370 e. The van der Waals surface area contributed by atoms with Crippen LogP contribution in [0.2, 0.25) is 0 Å². The van der Waals surface area contributed by atoms with Crippen LogP contribution in [-0.2, 0) is 7.05 Å². The molecule has 0 aromatic carbocycles. The number of nitrogens with zero attached hydrogens (tertiary/aromatic N) is 2. The molecule has 4 nitrogen and oxygen atoms in total. The fourth-order valence-corrected chi connectivity index (χ4v) is 3.59. The number of hydrogen-bond acceptors (Lipinski definition) is 3. The fraction of sp³-hybridized carbons (Fsp3) is 0.786. The molecule has 2 saturated heterocycles. The molecule has 4 heteroatoms. The lowest BCUT2D eigenvalue weighted by Crippen LogP contribution is -2.38. The first kappa shape index (κ1) is 12.0. The summed E-state index contributed by atoms with van der Waals surface area (Å²) >= 11 is 0. The van der Waals surface area contributed by atoms with E-state index in [1.165, 1.54) is 32.1 Å². The molecule has 1 aromatic heterocycles. The van der Waals surface area contributed by atoms with E-state index < -0.39 is 0 Å². The SMILES string of the molecule is Cc1cc(NCCC2CC3CCC(C2)N3)n(C)n1. The molecule has 0 spiro atoms. The minimum absolute atomic E-state index is 0.813. The first-order valence-corrected chi connectivity index (χ1v) is 7.21. The third-order valence-electron chi connectivity index (χ3n) is 4.43. The normalized spacial score (nSPS) is 30.7. The summed E-state index contributed by atoms with van der Waals surface area (Å²) in [6.07, 6.45) is 6.84. The maximum atomic E-state index is 4.35. The van der Waals surface area contributed by atoms with Crippen LogP contribution in [0.15, 0.2) is 6.07 Å². The Morgan fingerprint density at radius 3 is 2.72 bits per heavy atom. The Morgan fingerprint density at radius 1 is 1.39 bits per heavy atom. The monoisotopic (exact) mass is 248 g/mol. The van der Waals surface area contributed by atoms with Crippen LogP contribution in [0.1, 0.15) is 37.8 Å². The number of nitrogens with one attached hydrogen (secondary N) is 2. The van der Waals surface area contributed by atoms with Crippen LogP contribution in [0.5, 0.6) is 0 Å². The van der Waals surface area contributed by atoms with Crippen molar-refractivity contribution < 1.29 is 0 Å². The summed E-state index contributed by atoms with van der Waals surface area (Å²) in [7, 11) is 2.00. The lowest BCUT2D eigenvalue weighted by atomic mass is 9.90. The molecule has 3 rings (SSSR count). The molecule has 2 aliphatic rings. The molecule has 0 saturated carbocycles. The Kier molecular flexibility index (Phi) is 3.29. The third kappa shape index (κ3) is 2.53. The van der Waals surface area contributed by atoms with Crippen molar-refractivity contribution >= 4 is 5.82 Å². The predicted octanol–water partition coefficient (Wildman–Crippen LogP) is 2.06. The van der Waals surface area contributed by atoms with Crippen molar-refractivity contribution in [2.24, 2.45) is 13.0 Å². The smallest absolute Gasteiger partial charge is 0.124 e. The van der Waals surface area contributed by atoms with Gasteiger partial charge in [0.25, 0.3) is 0 Å². The van der Waals surface area contributed by atoms with Gasteiger partial charge in [-0.2, -0.15) is 5.10 Å². The molecule has 2 atom stereocenters. The number of hydrogen-bond donors (Lipinski definition) is 2. The molecule has 1 aromatic rings. The summed E-state index contributed by atoms with van der Waals surface area (Å²) in [5.74, 6) is 2.05. The summed E-state index contributed by atoms with van der Waals surface area (Å²) in [6, 6.07) is 3.74. The molecule has 3 heterocycles. The van der Waals surface area contributed by atoms with Gasteiger partial charge in [0.05, 0.1) is 5.69 Å². The van der Waals surface area contributed by atoms with E-state index in [4.69, 9.17) is 0 Å². The van der Waals surface area contributed by atoms with Crippen molar-refractivity contribution in [2.45, 2.75) is 51.1 Å². The molecule has 0 radical (unpaired) electrons. The molecule has 18 heavy (non-hydrogen) atoms. The number of anilines is 1. The maximum Gasteiger partial charge on any atom is 0.124 e. The second-order valence-corrected chi connectivity index (χ2v) is 5.99. The van der Waals surface area contributed by atoms with E-state index in [0.29, 0.717) is 0 Å². The van der Waals surface area contributed by atoms with E-state index >= 15 is 0 Å². The van der Waals surface area contributed by atoms with E-state index in [1.807, 2.05) is 18.7 Å². The molecular formula is C14H24N4. The molecule has 0 amide bonds. The number of fused-ring (bicyclic) bond motifs is 2. The van der Waals surface area contributed by atoms with Gasteiger partial charge in [0.15, 0.2) is 0 Å². The number of piperidine rings is 1. The van der Waals surface area contributed by atoms with Crippen molar-refractivity contribution in [3.05, 3.63) is 11.8 Å². The van der Waals surface area contributed by atoms with E-state index in [-0.39, 0.29) is 0 Å². The van der Waals surface area contributed by atoms with Crippen molar-refractivity contribution in [3.8, 4) is 0 Å². The van der Waals surface area contributed by atoms with Crippen LogP contribution in [-0.4, -0.2) is 28.4 Å². The highest BCUT2D eigenvalue weighted by Crippen LogP contribution is 2.32. The van der Waals surface area contributed by atoms with E-state index in [2.05, 4.69) is 21.8 Å². The summed E-state index contributed by atoms with van der Waals surface area (Å²) in [6.45, 7) is 3.11. The average Bonchev–Trinajstić information content (AvgIpc) is 2.82. The third-order valence-corrected chi connectivity index (χ3v) is 4.43. The Labute approximate surface area is 109 Å². The Hall–Kier alpha value is -1.03. The van der Waals surface area contributed by atoms with Crippen LogP contribution in [0, 0.1) is 12.8 Å². The number of aromatic nitrogens is 2. The van der Waals surface area contributed by atoms with Crippen LogP contribution in [0.3, 0.4) is 0 Å². The van der Waals surface area contributed by atoms with Gasteiger partial charge in [0.2, 0.25) is 0 Å². The van der Waals surface area contributed by atoms with Gasteiger partial charge in [-0.25, -0.2) is 0 Å². The summed E-state index contributed by atoms with van der Waals surface area (Å²) in [5.41, 5.74) is 1.08. The molecule has 2 unspecified atom stereocenters. The van der Waals surface area contributed by atoms with Crippen LogP contribution in [0.25, 0.3) is 0 Å². The van der Waals surface area contributed by atoms with Gasteiger partial charge < -0.3 is 10.6 Å². The van der Waals surface area contributed by atoms with E-state index in [1.54, 1.807) is 0 Å². The van der Waals surface area contributed by atoms with Crippen LogP contribution >= 0.6 is 0 Å². The summed E-state index contributed by atoms with van der Waals surface area (Å²) < 4.78 is 1.93. The second kappa shape index (κ2) is 4.92. The molecule has 100 valence electrons. The van der Waals surface area contributed by atoms with Gasteiger partial charge in [-0.05, 0) is 44.9 Å². The van der Waals surface area contributed by atoms with Crippen molar-refractivity contribution in [2.75, 3.05) is 11.9 Å². The fourth-order valence-electron chi connectivity index (χ4n) is 3.59. The second-order valence-electron chi connectivity index (χ2n) is 5.99. The standard InChI is InChI=1S/C14H24N4/c1-10-7-14(18(2)17-10)15-6-5-11-8-12-3-4-13(9-11)16-12/h7,11-13,15-16H,3-6,8-9H2,1-2H3. The van der Waals surface area contributed by atoms with Crippen molar-refractivity contribution in [1.82, 2.24) is 15.1 Å². The zero-order chi connectivity index (χ0) is 12.5. The van der Waals surface area contributed by atoms with Gasteiger partial charge in [0.1, 0.15) is 5.82 Å². The van der Waals surface area contributed by atoms with E-state index in [9.17, 15) is 0 Å². The van der Waals surface area contributed by atoms with Crippen molar-refractivity contribution in [1.29, 1.82) is 0 Å². The molecule has 2 fully saturated rings. The van der Waals surface area contributed by atoms with Gasteiger partial charge in [0, 0.05) is 31.7 Å². The van der Waals surface area contributed by atoms with Gasteiger partial charge in [-0.1, -0.05) is 0 Å². The number of aryl methyl sites for hydroxylation is 2. The molecular weight excluding hydrogens is 224 g/mol. The highest BCUT2D eigenvalue weighted by molar-refractivity contribution is 5.36. The first-order valence-electron chi connectivity index (χ1n) is 7.21.